The third-order valence-electron chi connectivity index (χ3n) is 5.44. The van der Waals surface area contributed by atoms with Crippen LogP contribution in [0.1, 0.15) is 50.8 Å². The van der Waals surface area contributed by atoms with Crippen LogP contribution in [0.25, 0.3) is 0 Å². The predicted molar refractivity (Wildman–Crippen MR) is 128 cm³/mol. The Morgan fingerprint density at radius 2 is 1.37 bits per heavy atom. The first-order valence-electron chi connectivity index (χ1n) is 11.2. The van der Waals surface area contributed by atoms with E-state index in [1.807, 2.05) is 6.07 Å². The van der Waals surface area contributed by atoms with Crippen molar-refractivity contribution in [3.63, 3.8) is 0 Å². The molecule has 0 saturated heterocycles. The van der Waals surface area contributed by atoms with Crippen molar-refractivity contribution in [2.24, 2.45) is 0 Å². The Kier molecular flexibility index (Phi) is 7.96. The van der Waals surface area contributed by atoms with Gasteiger partial charge < -0.3 is 9.64 Å². The van der Waals surface area contributed by atoms with Crippen LogP contribution in [0, 0.1) is 0 Å². The minimum absolute atomic E-state index is 0.494. The van der Waals surface area contributed by atoms with Crippen LogP contribution in [-0.2, 0) is 19.4 Å². The number of hydrogen-bond acceptors (Lipinski definition) is 2. The average molecular weight is 402 g/mol. The SMILES string of the molecule is CC(C)N(c1cccc(CCCc2ccccc2OCc2ccccc2)c1)C(C)C. The Morgan fingerprint density at radius 3 is 2.10 bits per heavy atom. The number of anilines is 1. The van der Waals surface area contributed by atoms with Gasteiger partial charge in [-0.25, -0.2) is 0 Å². The van der Waals surface area contributed by atoms with Gasteiger partial charge in [0, 0.05) is 17.8 Å². The molecule has 0 unspecified atom stereocenters. The van der Waals surface area contributed by atoms with E-state index in [9.17, 15) is 0 Å². The zero-order valence-corrected chi connectivity index (χ0v) is 18.8. The summed E-state index contributed by atoms with van der Waals surface area (Å²) in [5.74, 6) is 1.00. The van der Waals surface area contributed by atoms with Crippen molar-refractivity contribution < 1.29 is 4.74 Å². The number of hydrogen-bond donors (Lipinski definition) is 0. The molecule has 0 atom stereocenters. The van der Waals surface area contributed by atoms with Gasteiger partial charge in [-0.2, -0.15) is 0 Å². The Bertz CT molecular complexity index is 893. The molecule has 0 heterocycles. The second-order valence-electron chi connectivity index (χ2n) is 8.50. The lowest BCUT2D eigenvalue weighted by Gasteiger charge is -2.33. The fourth-order valence-corrected chi connectivity index (χ4v) is 4.13. The lowest BCUT2D eigenvalue weighted by molar-refractivity contribution is 0.302. The number of ether oxygens (including phenoxy) is 1. The van der Waals surface area contributed by atoms with E-state index in [0.717, 1.165) is 25.0 Å². The van der Waals surface area contributed by atoms with Crippen LogP contribution in [0.2, 0.25) is 0 Å². The van der Waals surface area contributed by atoms with E-state index in [1.165, 1.54) is 22.4 Å². The number of benzene rings is 3. The highest BCUT2D eigenvalue weighted by molar-refractivity contribution is 5.50. The molecule has 0 saturated carbocycles. The molecule has 0 N–H and O–H groups in total. The summed E-state index contributed by atoms with van der Waals surface area (Å²) in [4.78, 5) is 2.48. The number of para-hydroxylation sites is 1. The molecule has 158 valence electrons. The number of rotatable bonds is 10. The molecule has 2 nitrogen and oxygen atoms in total. The van der Waals surface area contributed by atoms with Crippen LogP contribution in [0.15, 0.2) is 78.9 Å². The summed E-state index contributed by atoms with van der Waals surface area (Å²) >= 11 is 0. The van der Waals surface area contributed by atoms with Crippen molar-refractivity contribution >= 4 is 5.69 Å². The van der Waals surface area contributed by atoms with Gasteiger partial charge in [-0.1, -0.05) is 60.7 Å². The Morgan fingerprint density at radius 1 is 0.700 bits per heavy atom. The van der Waals surface area contributed by atoms with Crippen LogP contribution in [0.4, 0.5) is 5.69 Å². The normalized spacial score (nSPS) is 11.1. The van der Waals surface area contributed by atoms with E-state index in [4.69, 9.17) is 4.74 Å². The smallest absolute Gasteiger partial charge is 0.122 e. The summed E-state index contributed by atoms with van der Waals surface area (Å²) in [6.07, 6.45) is 3.21. The van der Waals surface area contributed by atoms with Crippen LogP contribution in [-0.4, -0.2) is 12.1 Å². The van der Waals surface area contributed by atoms with Gasteiger partial charge in [-0.15, -0.1) is 0 Å². The van der Waals surface area contributed by atoms with Crippen molar-refractivity contribution in [2.45, 2.75) is 65.6 Å². The van der Waals surface area contributed by atoms with Crippen LogP contribution >= 0.6 is 0 Å². The summed E-state index contributed by atoms with van der Waals surface area (Å²) in [6, 6.07) is 28.8. The summed E-state index contributed by atoms with van der Waals surface area (Å²) in [6.45, 7) is 9.66. The van der Waals surface area contributed by atoms with E-state index in [-0.39, 0.29) is 0 Å². The van der Waals surface area contributed by atoms with Gasteiger partial charge in [0.15, 0.2) is 0 Å². The zero-order valence-electron chi connectivity index (χ0n) is 18.8. The summed E-state index contributed by atoms with van der Waals surface area (Å²) in [7, 11) is 0. The van der Waals surface area contributed by atoms with E-state index < -0.39 is 0 Å². The van der Waals surface area contributed by atoms with Gasteiger partial charge in [0.1, 0.15) is 12.4 Å². The number of aryl methyl sites for hydroxylation is 2. The van der Waals surface area contributed by atoms with E-state index in [1.54, 1.807) is 0 Å². The summed E-state index contributed by atoms with van der Waals surface area (Å²) in [5.41, 5.74) is 5.21. The van der Waals surface area contributed by atoms with Crippen molar-refractivity contribution in [2.75, 3.05) is 4.90 Å². The van der Waals surface area contributed by atoms with Crippen molar-refractivity contribution in [3.8, 4) is 5.75 Å². The topological polar surface area (TPSA) is 12.5 Å². The van der Waals surface area contributed by atoms with Gasteiger partial charge in [0.05, 0.1) is 0 Å². The van der Waals surface area contributed by atoms with E-state index in [0.29, 0.717) is 18.7 Å². The van der Waals surface area contributed by atoms with Crippen LogP contribution in [0.3, 0.4) is 0 Å². The maximum absolute atomic E-state index is 6.12. The zero-order chi connectivity index (χ0) is 21.3. The molecule has 0 radical (unpaired) electrons. The summed E-state index contributed by atoms with van der Waals surface area (Å²) < 4.78 is 6.12. The van der Waals surface area contributed by atoms with Gasteiger partial charge in [0.2, 0.25) is 0 Å². The molecule has 3 aromatic carbocycles. The second kappa shape index (κ2) is 10.9. The molecule has 0 bridgehead atoms. The van der Waals surface area contributed by atoms with Gasteiger partial charge in [-0.3, -0.25) is 0 Å². The van der Waals surface area contributed by atoms with E-state index in [2.05, 4.69) is 105 Å². The molecular weight excluding hydrogens is 366 g/mol. The third kappa shape index (κ3) is 6.13. The highest BCUT2D eigenvalue weighted by Crippen LogP contribution is 2.24. The monoisotopic (exact) mass is 401 g/mol. The maximum atomic E-state index is 6.12. The highest BCUT2D eigenvalue weighted by atomic mass is 16.5. The first kappa shape index (κ1) is 22.0. The second-order valence-corrected chi connectivity index (χ2v) is 8.50. The molecule has 0 amide bonds. The summed E-state index contributed by atoms with van der Waals surface area (Å²) in [5, 5.41) is 0. The van der Waals surface area contributed by atoms with Crippen molar-refractivity contribution in [1.29, 1.82) is 0 Å². The molecule has 3 aromatic rings. The lowest BCUT2D eigenvalue weighted by atomic mass is 10.0. The minimum atomic E-state index is 0.494. The highest BCUT2D eigenvalue weighted by Gasteiger charge is 2.14. The van der Waals surface area contributed by atoms with Gasteiger partial charge >= 0.3 is 0 Å². The quantitative estimate of drug-likeness (QED) is 0.360. The van der Waals surface area contributed by atoms with E-state index >= 15 is 0 Å². The predicted octanol–water partition coefficient (Wildman–Crippen LogP) is 7.06. The first-order valence-corrected chi connectivity index (χ1v) is 11.2. The lowest BCUT2D eigenvalue weighted by Crippen LogP contribution is -2.36. The van der Waals surface area contributed by atoms with Crippen molar-refractivity contribution in [1.82, 2.24) is 0 Å². The van der Waals surface area contributed by atoms with Crippen LogP contribution in [0.5, 0.6) is 5.75 Å². The van der Waals surface area contributed by atoms with Gasteiger partial charge in [-0.05, 0) is 81.8 Å². The van der Waals surface area contributed by atoms with Gasteiger partial charge in [0.25, 0.3) is 0 Å². The standard InChI is InChI=1S/C28H35NO/c1-22(2)29(23(3)4)27-18-11-15-24(20-27)14-10-17-26-16-8-9-19-28(26)30-21-25-12-6-5-7-13-25/h5-9,11-13,15-16,18-20,22-23H,10,14,17,21H2,1-4H3. The molecule has 0 aliphatic heterocycles. The molecular formula is C28H35NO. The fourth-order valence-electron chi connectivity index (χ4n) is 4.13. The Labute approximate surface area is 182 Å². The molecule has 0 aliphatic rings. The molecule has 3 rings (SSSR count). The molecule has 2 heteroatoms. The average Bonchev–Trinajstić information content (AvgIpc) is 2.74. The molecule has 0 spiro atoms. The van der Waals surface area contributed by atoms with Crippen LogP contribution < -0.4 is 9.64 Å². The maximum Gasteiger partial charge on any atom is 0.122 e. The molecule has 0 fully saturated rings. The molecule has 0 aromatic heterocycles. The minimum Gasteiger partial charge on any atom is -0.489 e. The molecule has 30 heavy (non-hydrogen) atoms. The first-order chi connectivity index (χ1) is 14.5. The third-order valence-corrected chi connectivity index (χ3v) is 5.44. The van der Waals surface area contributed by atoms with Crippen molar-refractivity contribution in [3.05, 3.63) is 95.6 Å². The fraction of sp³-hybridized carbons (Fsp3) is 0.357. The Hall–Kier alpha value is -2.74. The molecule has 0 aliphatic carbocycles. The largest absolute Gasteiger partial charge is 0.489 e. The number of nitrogens with zero attached hydrogens (tertiary/aromatic N) is 1. The Balaban J connectivity index is 1.60.